The predicted molar refractivity (Wildman–Crippen MR) is 103 cm³/mol. The monoisotopic (exact) mass is 389 g/mol. The quantitative estimate of drug-likeness (QED) is 0.759. The number of hydrogen-bond acceptors (Lipinski definition) is 5. The van der Waals surface area contributed by atoms with E-state index in [1.807, 2.05) is 6.92 Å². The summed E-state index contributed by atoms with van der Waals surface area (Å²) in [5.41, 5.74) is 1.85. The number of ether oxygens (including phenoxy) is 2. The number of carbonyl (C=O) groups excluding carboxylic acids is 3. The first-order valence-electron chi connectivity index (χ1n) is 9.69. The van der Waals surface area contributed by atoms with Crippen LogP contribution in [-0.2, 0) is 19.1 Å². The van der Waals surface area contributed by atoms with Crippen molar-refractivity contribution in [3.05, 3.63) is 29.3 Å². The predicted octanol–water partition coefficient (Wildman–Crippen LogP) is 1.09. The molecule has 2 aliphatic rings. The van der Waals surface area contributed by atoms with E-state index < -0.39 is 0 Å². The number of carbonyl (C=O) groups is 3. The molecule has 8 nitrogen and oxygen atoms in total. The van der Waals surface area contributed by atoms with Gasteiger partial charge in [-0.15, -0.1) is 0 Å². The van der Waals surface area contributed by atoms with Crippen molar-refractivity contribution >= 4 is 23.4 Å². The molecule has 0 bridgehead atoms. The summed E-state index contributed by atoms with van der Waals surface area (Å²) in [7, 11) is 0. The Morgan fingerprint density at radius 3 is 2.96 bits per heavy atom. The Hall–Kier alpha value is -2.45. The number of rotatable bonds is 6. The van der Waals surface area contributed by atoms with E-state index >= 15 is 0 Å². The summed E-state index contributed by atoms with van der Waals surface area (Å²) in [5.74, 6) is -0.670. The normalized spacial score (nSPS) is 19.8. The maximum Gasteiger partial charge on any atom is 0.254 e. The third-order valence-electron chi connectivity index (χ3n) is 4.90. The molecule has 0 aromatic heterocycles. The molecule has 0 aliphatic carbocycles. The van der Waals surface area contributed by atoms with Gasteiger partial charge in [-0.1, -0.05) is 6.07 Å². The van der Waals surface area contributed by atoms with E-state index in [9.17, 15) is 14.4 Å². The van der Waals surface area contributed by atoms with Crippen LogP contribution in [0.4, 0.5) is 5.69 Å². The van der Waals surface area contributed by atoms with Gasteiger partial charge in [0.1, 0.15) is 6.61 Å². The van der Waals surface area contributed by atoms with Gasteiger partial charge in [-0.25, -0.2) is 0 Å². The highest BCUT2D eigenvalue weighted by Gasteiger charge is 2.23. The first-order valence-corrected chi connectivity index (χ1v) is 9.69. The molecule has 1 unspecified atom stereocenters. The lowest BCUT2D eigenvalue weighted by molar-refractivity contribution is -0.123. The lowest BCUT2D eigenvalue weighted by atomic mass is 10.1. The Labute approximate surface area is 164 Å². The molecular weight excluding hydrogens is 362 g/mol. The molecule has 2 fully saturated rings. The fourth-order valence-electron chi connectivity index (χ4n) is 3.29. The molecule has 0 spiro atoms. The summed E-state index contributed by atoms with van der Waals surface area (Å²) in [6.07, 6.45) is 3.22. The molecule has 8 heteroatoms. The molecule has 1 aromatic carbocycles. The molecule has 1 aromatic rings. The largest absolute Gasteiger partial charge is 0.376 e. The molecular formula is C20H27N3O5. The van der Waals surface area contributed by atoms with Gasteiger partial charge in [-0.3, -0.25) is 14.4 Å². The van der Waals surface area contributed by atoms with E-state index in [-0.39, 0.29) is 37.0 Å². The van der Waals surface area contributed by atoms with Crippen LogP contribution in [0.15, 0.2) is 18.2 Å². The van der Waals surface area contributed by atoms with E-state index in [0.717, 1.165) is 31.4 Å². The minimum absolute atomic E-state index is 0.0471. The molecule has 0 radical (unpaired) electrons. The molecule has 1 atom stereocenters. The molecule has 2 aliphatic heterocycles. The number of aryl methyl sites for hydroxylation is 1. The molecule has 28 heavy (non-hydrogen) atoms. The Morgan fingerprint density at radius 1 is 1.36 bits per heavy atom. The summed E-state index contributed by atoms with van der Waals surface area (Å²) < 4.78 is 11.1. The van der Waals surface area contributed by atoms with Crippen molar-refractivity contribution in [1.82, 2.24) is 10.2 Å². The van der Waals surface area contributed by atoms with Crippen LogP contribution >= 0.6 is 0 Å². The molecule has 2 N–H and O–H groups in total. The third-order valence-corrected chi connectivity index (χ3v) is 4.90. The Balaban J connectivity index is 1.54. The zero-order valence-electron chi connectivity index (χ0n) is 16.2. The van der Waals surface area contributed by atoms with Gasteiger partial charge in [0, 0.05) is 30.9 Å². The fourth-order valence-corrected chi connectivity index (χ4v) is 3.29. The highest BCUT2D eigenvalue weighted by Crippen LogP contribution is 2.19. The lowest BCUT2D eigenvalue weighted by Gasteiger charge is -2.27. The van der Waals surface area contributed by atoms with Gasteiger partial charge >= 0.3 is 0 Å². The summed E-state index contributed by atoms with van der Waals surface area (Å²) in [6, 6.07) is 5.13. The van der Waals surface area contributed by atoms with Gasteiger partial charge < -0.3 is 25.0 Å². The van der Waals surface area contributed by atoms with E-state index in [1.165, 1.54) is 4.90 Å². The summed E-state index contributed by atoms with van der Waals surface area (Å²) in [4.78, 5) is 37.9. The first kappa shape index (κ1) is 20.3. The van der Waals surface area contributed by atoms with Gasteiger partial charge in [0.05, 0.1) is 19.3 Å². The average Bonchev–Trinajstić information content (AvgIpc) is 2.70. The SMILES string of the molecule is Cc1ccc(C(=O)N2CCNC(=O)C2)cc1NC(=O)COCC1CCCCO1. The second kappa shape index (κ2) is 9.66. The van der Waals surface area contributed by atoms with Crippen LogP contribution in [0, 0.1) is 6.92 Å². The van der Waals surface area contributed by atoms with Crippen molar-refractivity contribution in [3.63, 3.8) is 0 Å². The number of benzene rings is 1. The van der Waals surface area contributed by atoms with E-state index in [1.54, 1.807) is 18.2 Å². The van der Waals surface area contributed by atoms with Gasteiger partial charge in [-0.05, 0) is 43.9 Å². The summed E-state index contributed by atoms with van der Waals surface area (Å²) in [5, 5.41) is 5.50. The number of anilines is 1. The topological polar surface area (TPSA) is 97.0 Å². The molecule has 2 heterocycles. The summed E-state index contributed by atoms with van der Waals surface area (Å²) in [6.45, 7) is 3.91. The average molecular weight is 389 g/mol. The molecule has 3 amide bonds. The fraction of sp³-hybridized carbons (Fsp3) is 0.550. The van der Waals surface area contributed by atoms with Crippen LogP contribution in [0.2, 0.25) is 0 Å². The van der Waals surface area contributed by atoms with Gasteiger partial charge in [0.15, 0.2) is 0 Å². The van der Waals surface area contributed by atoms with Crippen molar-refractivity contribution in [2.24, 2.45) is 0 Å². The number of hydrogen-bond donors (Lipinski definition) is 2. The number of piperazine rings is 1. The maximum absolute atomic E-state index is 12.6. The van der Waals surface area contributed by atoms with Crippen molar-refractivity contribution in [2.75, 3.05) is 44.8 Å². The minimum atomic E-state index is -0.277. The van der Waals surface area contributed by atoms with Crippen molar-refractivity contribution in [2.45, 2.75) is 32.3 Å². The molecule has 152 valence electrons. The minimum Gasteiger partial charge on any atom is -0.376 e. The van der Waals surface area contributed by atoms with Gasteiger partial charge in [0.2, 0.25) is 11.8 Å². The lowest BCUT2D eigenvalue weighted by Crippen LogP contribution is -2.49. The molecule has 2 saturated heterocycles. The van der Waals surface area contributed by atoms with Gasteiger partial charge in [0.25, 0.3) is 5.91 Å². The van der Waals surface area contributed by atoms with Crippen LogP contribution in [0.3, 0.4) is 0 Å². The van der Waals surface area contributed by atoms with Crippen LogP contribution in [0.1, 0.15) is 35.2 Å². The maximum atomic E-state index is 12.6. The number of amides is 3. The smallest absolute Gasteiger partial charge is 0.254 e. The first-order chi connectivity index (χ1) is 13.5. The van der Waals surface area contributed by atoms with Crippen LogP contribution in [0.5, 0.6) is 0 Å². The Kier molecular flexibility index (Phi) is 7.00. The van der Waals surface area contributed by atoms with Crippen molar-refractivity contribution in [3.8, 4) is 0 Å². The Morgan fingerprint density at radius 2 is 2.21 bits per heavy atom. The van der Waals surface area contributed by atoms with E-state index in [2.05, 4.69) is 10.6 Å². The number of nitrogens with zero attached hydrogens (tertiary/aromatic N) is 1. The van der Waals surface area contributed by atoms with Gasteiger partial charge in [-0.2, -0.15) is 0 Å². The van der Waals surface area contributed by atoms with E-state index in [0.29, 0.717) is 30.9 Å². The summed E-state index contributed by atoms with van der Waals surface area (Å²) >= 11 is 0. The number of nitrogens with one attached hydrogen (secondary N) is 2. The standard InChI is InChI=1S/C20H27N3O5/c1-14-5-6-15(20(26)23-8-7-21-18(24)11-23)10-17(14)22-19(25)13-27-12-16-4-2-3-9-28-16/h5-6,10,16H,2-4,7-9,11-13H2,1H3,(H,21,24)(H,22,25). The zero-order chi connectivity index (χ0) is 19.9. The van der Waals surface area contributed by atoms with Crippen LogP contribution in [0.25, 0.3) is 0 Å². The van der Waals surface area contributed by atoms with E-state index in [4.69, 9.17) is 9.47 Å². The van der Waals surface area contributed by atoms with Crippen molar-refractivity contribution in [1.29, 1.82) is 0 Å². The Bertz CT molecular complexity index is 731. The highest BCUT2D eigenvalue weighted by molar-refractivity contribution is 5.99. The van der Waals surface area contributed by atoms with Crippen LogP contribution in [-0.4, -0.2) is 68.2 Å². The van der Waals surface area contributed by atoms with Crippen molar-refractivity contribution < 1.29 is 23.9 Å². The second-order valence-corrected chi connectivity index (χ2v) is 7.16. The molecule has 3 rings (SSSR count). The molecule has 0 saturated carbocycles. The highest BCUT2D eigenvalue weighted by atomic mass is 16.5. The third kappa shape index (κ3) is 5.53. The van der Waals surface area contributed by atoms with Crippen LogP contribution < -0.4 is 10.6 Å². The second-order valence-electron chi connectivity index (χ2n) is 7.16. The zero-order valence-corrected chi connectivity index (χ0v) is 16.2.